The molecule has 2 rings (SSSR count). The molecule has 0 spiro atoms. The first-order chi connectivity index (χ1) is 8.27. The van der Waals surface area contributed by atoms with Crippen molar-refractivity contribution in [1.29, 1.82) is 0 Å². The van der Waals surface area contributed by atoms with Crippen molar-refractivity contribution in [3.8, 4) is 0 Å². The van der Waals surface area contributed by atoms with Crippen LogP contribution in [0.4, 0.5) is 9.18 Å². The number of likely N-dealkylation sites (tertiary alicyclic amines) is 1. The highest BCUT2D eigenvalue weighted by atomic mass is 19.1. The molecule has 0 radical (unpaired) electrons. The molecule has 1 aromatic carbocycles. The number of carbonyl (C=O) groups is 1. The first-order valence-corrected chi connectivity index (χ1v) is 6.03. The Morgan fingerprint density at radius 2 is 2.00 bits per heavy atom. The van der Waals surface area contributed by atoms with Crippen LogP contribution in [-0.4, -0.2) is 30.6 Å². The average molecular weight is 236 g/mol. The summed E-state index contributed by atoms with van der Waals surface area (Å²) in [6.07, 6.45) is 2.70. The fourth-order valence-corrected chi connectivity index (χ4v) is 2.04. The summed E-state index contributed by atoms with van der Waals surface area (Å²) in [5, 5.41) is 2.82. The van der Waals surface area contributed by atoms with E-state index in [0.717, 1.165) is 25.9 Å². The van der Waals surface area contributed by atoms with Gasteiger partial charge in [-0.1, -0.05) is 18.2 Å². The zero-order valence-corrected chi connectivity index (χ0v) is 9.79. The minimum absolute atomic E-state index is 0.0289. The Balaban J connectivity index is 1.76. The Kier molecular flexibility index (Phi) is 3.96. The number of rotatable bonds is 3. The van der Waals surface area contributed by atoms with Gasteiger partial charge >= 0.3 is 6.03 Å². The molecule has 1 saturated heterocycles. The standard InChI is InChI=1S/C13H17FN2O/c14-12-6-2-1-5-11(12)7-8-15-13(17)16-9-3-4-10-16/h1-2,5-6H,3-4,7-10H2,(H,15,17). The smallest absolute Gasteiger partial charge is 0.317 e. The molecule has 2 amide bonds. The maximum absolute atomic E-state index is 13.3. The van der Waals surface area contributed by atoms with E-state index >= 15 is 0 Å². The summed E-state index contributed by atoms with van der Waals surface area (Å²) in [4.78, 5) is 13.4. The molecular formula is C13H17FN2O. The Morgan fingerprint density at radius 1 is 1.29 bits per heavy atom. The van der Waals surface area contributed by atoms with Gasteiger partial charge in [-0.15, -0.1) is 0 Å². The molecular weight excluding hydrogens is 219 g/mol. The molecule has 1 fully saturated rings. The van der Waals surface area contributed by atoms with Crippen LogP contribution < -0.4 is 5.32 Å². The third kappa shape index (κ3) is 3.19. The van der Waals surface area contributed by atoms with Crippen molar-refractivity contribution in [2.24, 2.45) is 0 Å². The van der Waals surface area contributed by atoms with Crippen LogP contribution in [0.1, 0.15) is 18.4 Å². The predicted molar refractivity (Wildman–Crippen MR) is 64.3 cm³/mol. The van der Waals surface area contributed by atoms with Crippen molar-refractivity contribution < 1.29 is 9.18 Å². The van der Waals surface area contributed by atoms with Crippen LogP contribution in [0.2, 0.25) is 0 Å². The summed E-state index contributed by atoms with van der Waals surface area (Å²) in [5.74, 6) is -0.206. The van der Waals surface area contributed by atoms with E-state index in [2.05, 4.69) is 5.32 Å². The predicted octanol–water partition coefficient (Wildman–Crippen LogP) is 2.17. The molecule has 0 bridgehead atoms. The van der Waals surface area contributed by atoms with Crippen LogP contribution in [-0.2, 0) is 6.42 Å². The van der Waals surface area contributed by atoms with Gasteiger partial charge in [-0.25, -0.2) is 9.18 Å². The number of hydrogen-bond acceptors (Lipinski definition) is 1. The van der Waals surface area contributed by atoms with Crippen LogP contribution in [0.3, 0.4) is 0 Å². The highest BCUT2D eigenvalue weighted by Gasteiger charge is 2.16. The summed E-state index contributed by atoms with van der Waals surface area (Å²) in [6, 6.07) is 6.64. The lowest BCUT2D eigenvalue weighted by atomic mass is 10.1. The quantitative estimate of drug-likeness (QED) is 0.857. The third-order valence-electron chi connectivity index (χ3n) is 3.02. The van der Waals surface area contributed by atoms with E-state index in [4.69, 9.17) is 0 Å². The summed E-state index contributed by atoms with van der Waals surface area (Å²) in [7, 11) is 0. The second-order valence-corrected chi connectivity index (χ2v) is 4.27. The number of urea groups is 1. The number of nitrogens with zero attached hydrogens (tertiary/aromatic N) is 1. The van der Waals surface area contributed by atoms with E-state index in [1.807, 2.05) is 0 Å². The van der Waals surface area contributed by atoms with Gasteiger partial charge in [0.25, 0.3) is 0 Å². The Bertz CT molecular complexity index is 389. The van der Waals surface area contributed by atoms with E-state index in [1.54, 1.807) is 23.1 Å². The minimum Gasteiger partial charge on any atom is -0.338 e. The van der Waals surface area contributed by atoms with Gasteiger partial charge < -0.3 is 10.2 Å². The molecule has 0 atom stereocenters. The Hall–Kier alpha value is -1.58. The average Bonchev–Trinajstić information content (AvgIpc) is 2.85. The van der Waals surface area contributed by atoms with Gasteiger partial charge in [-0.2, -0.15) is 0 Å². The first-order valence-electron chi connectivity index (χ1n) is 6.03. The van der Waals surface area contributed by atoms with Crippen molar-refractivity contribution in [3.63, 3.8) is 0 Å². The van der Waals surface area contributed by atoms with Crippen LogP contribution in [0, 0.1) is 5.82 Å². The topological polar surface area (TPSA) is 32.3 Å². The van der Waals surface area contributed by atoms with Crippen molar-refractivity contribution >= 4 is 6.03 Å². The Morgan fingerprint density at radius 3 is 2.71 bits per heavy atom. The number of amides is 2. The second kappa shape index (κ2) is 5.66. The van der Waals surface area contributed by atoms with Gasteiger partial charge in [-0.05, 0) is 30.9 Å². The zero-order valence-electron chi connectivity index (χ0n) is 9.79. The molecule has 92 valence electrons. The lowest BCUT2D eigenvalue weighted by Gasteiger charge is -2.16. The van der Waals surface area contributed by atoms with Gasteiger partial charge in [0.1, 0.15) is 5.82 Å². The summed E-state index contributed by atoms with van der Waals surface area (Å²) in [5.41, 5.74) is 0.647. The number of hydrogen-bond donors (Lipinski definition) is 1. The molecule has 1 aliphatic rings. The third-order valence-corrected chi connectivity index (χ3v) is 3.02. The van der Waals surface area contributed by atoms with E-state index < -0.39 is 0 Å². The number of halogens is 1. The molecule has 0 unspecified atom stereocenters. The normalized spacial score (nSPS) is 15.0. The van der Waals surface area contributed by atoms with Gasteiger partial charge in [0.15, 0.2) is 0 Å². The van der Waals surface area contributed by atoms with Crippen LogP contribution in [0.25, 0.3) is 0 Å². The van der Waals surface area contributed by atoms with Crippen molar-refractivity contribution in [3.05, 3.63) is 35.6 Å². The molecule has 3 nitrogen and oxygen atoms in total. The number of nitrogens with one attached hydrogen (secondary N) is 1. The van der Waals surface area contributed by atoms with Gasteiger partial charge in [-0.3, -0.25) is 0 Å². The molecule has 1 aromatic rings. The minimum atomic E-state index is -0.206. The molecule has 1 aliphatic heterocycles. The molecule has 0 aromatic heterocycles. The number of benzene rings is 1. The molecule has 1 N–H and O–H groups in total. The van der Waals surface area contributed by atoms with Crippen molar-refractivity contribution in [1.82, 2.24) is 10.2 Å². The lowest BCUT2D eigenvalue weighted by Crippen LogP contribution is -2.38. The summed E-state index contributed by atoms with van der Waals surface area (Å²) < 4.78 is 13.3. The molecule has 17 heavy (non-hydrogen) atoms. The van der Waals surface area contributed by atoms with Gasteiger partial charge in [0, 0.05) is 19.6 Å². The van der Waals surface area contributed by atoms with Gasteiger partial charge in [0.2, 0.25) is 0 Å². The maximum atomic E-state index is 13.3. The first kappa shape index (κ1) is 11.9. The molecule has 0 aliphatic carbocycles. The second-order valence-electron chi connectivity index (χ2n) is 4.27. The fourth-order valence-electron chi connectivity index (χ4n) is 2.04. The van der Waals surface area contributed by atoms with Crippen LogP contribution >= 0.6 is 0 Å². The monoisotopic (exact) mass is 236 g/mol. The highest BCUT2D eigenvalue weighted by molar-refractivity contribution is 5.74. The Labute approximate surface area is 101 Å². The largest absolute Gasteiger partial charge is 0.338 e. The summed E-state index contributed by atoms with van der Waals surface area (Å²) in [6.45, 7) is 2.16. The zero-order chi connectivity index (χ0) is 12.1. The number of carbonyl (C=O) groups excluding carboxylic acids is 1. The maximum Gasteiger partial charge on any atom is 0.317 e. The molecule has 1 heterocycles. The SMILES string of the molecule is O=C(NCCc1ccccc1F)N1CCCC1. The van der Waals surface area contributed by atoms with Crippen molar-refractivity contribution in [2.45, 2.75) is 19.3 Å². The van der Waals surface area contributed by atoms with Crippen LogP contribution in [0.15, 0.2) is 24.3 Å². The lowest BCUT2D eigenvalue weighted by molar-refractivity contribution is 0.209. The van der Waals surface area contributed by atoms with E-state index in [0.29, 0.717) is 18.5 Å². The molecule has 0 saturated carbocycles. The van der Waals surface area contributed by atoms with Gasteiger partial charge in [0.05, 0.1) is 0 Å². The molecule has 4 heteroatoms. The van der Waals surface area contributed by atoms with Crippen LogP contribution in [0.5, 0.6) is 0 Å². The fraction of sp³-hybridized carbons (Fsp3) is 0.462. The van der Waals surface area contributed by atoms with Crippen molar-refractivity contribution in [2.75, 3.05) is 19.6 Å². The van der Waals surface area contributed by atoms with E-state index in [9.17, 15) is 9.18 Å². The summed E-state index contributed by atoms with van der Waals surface area (Å²) >= 11 is 0. The van der Waals surface area contributed by atoms with E-state index in [-0.39, 0.29) is 11.8 Å². The van der Waals surface area contributed by atoms with E-state index in [1.165, 1.54) is 6.07 Å². The highest BCUT2D eigenvalue weighted by Crippen LogP contribution is 2.08.